The van der Waals surface area contributed by atoms with Crippen LogP contribution in [0.1, 0.15) is 43.2 Å². The summed E-state index contributed by atoms with van der Waals surface area (Å²) in [6, 6.07) is 3.23. The molecule has 0 aliphatic rings. The van der Waals surface area contributed by atoms with E-state index in [1.165, 1.54) is 0 Å². The molecule has 2 N–H and O–H groups in total. The van der Waals surface area contributed by atoms with Gasteiger partial charge in [-0.2, -0.15) is 0 Å². The second kappa shape index (κ2) is 7.46. The molecule has 1 amide bonds. The van der Waals surface area contributed by atoms with Gasteiger partial charge < -0.3 is 10.4 Å². The summed E-state index contributed by atoms with van der Waals surface area (Å²) in [5.41, 5.74) is 1.34. The fourth-order valence-corrected chi connectivity index (χ4v) is 1.88. The number of carbonyl (C=O) groups is 1. The zero-order chi connectivity index (χ0) is 14.4. The van der Waals surface area contributed by atoms with Crippen LogP contribution in [0.4, 0.5) is 0 Å². The fraction of sp³-hybridized carbons (Fsp3) is 0.571. The molecular weight excluding hydrogens is 264 g/mol. The zero-order valence-electron chi connectivity index (χ0n) is 11.6. The van der Waals surface area contributed by atoms with E-state index < -0.39 is 0 Å². The Labute approximate surface area is 119 Å². The van der Waals surface area contributed by atoms with Crippen LogP contribution in [0.5, 0.6) is 0 Å². The van der Waals surface area contributed by atoms with Crippen molar-refractivity contribution in [2.75, 3.05) is 6.61 Å². The second-order valence-electron chi connectivity index (χ2n) is 4.84. The molecule has 0 spiro atoms. The number of aryl methyl sites for hydroxylation is 1. The Bertz CT molecular complexity index is 437. The van der Waals surface area contributed by atoms with E-state index in [4.69, 9.17) is 16.7 Å². The molecule has 19 heavy (non-hydrogen) atoms. The van der Waals surface area contributed by atoms with Gasteiger partial charge in [-0.05, 0) is 31.4 Å². The van der Waals surface area contributed by atoms with Crippen LogP contribution in [0.25, 0.3) is 0 Å². The highest BCUT2D eigenvalue weighted by Crippen LogP contribution is 2.13. The van der Waals surface area contributed by atoms with Crippen molar-refractivity contribution in [2.24, 2.45) is 5.92 Å². The minimum atomic E-state index is -0.186. The van der Waals surface area contributed by atoms with Gasteiger partial charge >= 0.3 is 0 Å². The maximum absolute atomic E-state index is 12.1. The third kappa shape index (κ3) is 4.80. The molecule has 0 bridgehead atoms. The van der Waals surface area contributed by atoms with Gasteiger partial charge in [-0.25, -0.2) is 4.98 Å². The number of pyridine rings is 1. The van der Waals surface area contributed by atoms with Gasteiger partial charge in [0.25, 0.3) is 5.91 Å². The third-order valence-corrected chi connectivity index (χ3v) is 3.31. The van der Waals surface area contributed by atoms with Gasteiger partial charge in [0.15, 0.2) is 0 Å². The van der Waals surface area contributed by atoms with Crippen molar-refractivity contribution in [2.45, 2.75) is 39.7 Å². The van der Waals surface area contributed by atoms with Crippen LogP contribution in [-0.4, -0.2) is 28.6 Å². The molecule has 0 aliphatic carbocycles. The summed E-state index contributed by atoms with van der Waals surface area (Å²) in [6.07, 6.45) is 1.75. The Balaban J connectivity index is 2.81. The monoisotopic (exact) mass is 284 g/mol. The average molecular weight is 285 g/mol. The Morgan fingerprint density at radius 3 is 2.74 bits per heavy atom. The molecule has 1 aromatic heterocycles. The second-order valence-corrected chi connectivity index (χ2v) is 5.23. The summed E-state index contributed by atoms with van der Waals surface area (Å²) in [7, 11) is 0. The first-order valence-electron chi connectivity index (χ1n) is 6.56. The molecule has 5 heteroatoms. The van der Waals surface area contributed by atoms with Crippen LogP contribution < -0.4 is 5.32 Å². The number of nitrogens with one attached hydrogen (secondary N) is 1. The Morgan fingerprint density at radius 1 is 1.47 bits per heavy atom. The minimum absolute atomic E-state index is 0.0105. The lowest BCUT2D eigenvalue weighted by atomic mass is 10.0. The standard InChI is InChI=1S/C14H21ClN2O2/c1-4-5-12-6-11(7-13(15)17-12)14(19)16-10(3)9(2)8-18/h6-7,9-10,18H,4-5,8H2,1-3H3,(H,16,19). The molecule has 4 nitrogen and oxygen atoms in total. The first kappa shape index (κ1) is 15.9. The molecule has 1 heterocycles. The van der Waals surface area contributed by atoms with E-state index in [-0.39, 0.29) is 24.5 Å². The first-order chi connectivity index (χ1) is 8.97. The van der Waals surface area contributed by atoms with Crippen LogP contribution in [-0.2, 0) is 6.42 Å². The summed E-state index contributed by atoms with van der Waals surface area (Å²) in [4.78, 5) is 16.3. The van der Waals surface area contributed by atoms with Crippen LogP contribution in [0.3, 0.4) is 0 Å². The van der Waals surface area contributed by atoms with Crippen molar-refractivity contribution in [3.05, 3.63) is 28.5 Å². The van der Waals surface area contributed by atoms with Crippen LogP contribution in [0.2, 0.25) is 5.15 Å². The van der Waals surface area contributed by atoms with E-state index in [1.807, 2.05) is 20.8 Å². The van der Waals surface area contributed by atoms with Crippen LogP contribution >= 0.6 is 11.6 Å². The van der Waals surface area contributed by atoms with Crippen molar-refractivity contribution in [3.63, 3.8) is 0 Å². The smallest absolute Gasteiger partial charge is 0.251 e. The molecular formula is C14H21ClN2O2. The van der Waals surface area contributed by atoms with Gasteiger partial charge in [-0.1, -0.05) is 31.9 Å². The van der Waals surface area contributed by atoms with E-state index in [0.717, 1.165) is 18.5 Å². The highest BCUT2D eigenvalue weighted by Gasteiger charge is 2.16. The summed E-state index contributed by atoms with van der Waals surface area (Å²) in [5, 5.41) is 12.3. The number of hydrogen-bond donors (Lipinski definition) is 2. The number of aliphatic hydroxyl groups is 1. The maximum Gasteiger partial charge on any atom is 0.251 e. The van der Waals surface area contributed by atoms with E-state index >= 15 is 0 Å². The summed E-state index contributed by atoms with van der Waals surface area (Å²) < 4.78 is 0. The van der Waals surface area contributed by atoms with Crippen molar-refractivity contribution in [3.8, 4) is 0 Å². The number of halogens is 1. The van der Waals surface area contributed by atoms with E-state index in [0.29, 0.717) is 10.7 Å². The largest absolute Gasteiger partial charge is 0.396 e. The zero-order valence-corrected chi connectivity index (χ0v) is 12.4. The fourth-order valence-electron chi connectivity index (χ4n) is 1.66. The molecule has 2 unspecified atom stereocenters. The molecule has 1 rings (SSSR count). The summed E-state index contributed by atoms with van der Waals surface area (Å²) >= 11 is 5.93. The van der Waals surface area contributed by atoms with E-state index in [2.05, 4.69) is 10.3 Å². The van der Waals surface area contributed by atoms with Crippen molar-refractivity contribution < 1.29 is 9.90 Å². The number of aliphatic hydroxyl groups excluding tert-OH is 1. The Kier molecular flexibility index (Phi) is 6.25. The highest BCUT2D eigenvalue weighted by molar-refractivity contribution is 6.29. The van der Waals surface area contributed by atoms with Crippen LogP contribution in [0, 0.1) is 5.92 Å². The topological polar surface area (TPSA) is 62.2 Å². The molecule has 0 saturated heterocycles. The van der Waals surface area contributed by atoms with Gasteiger partial charge in [0, 0.05) is 23.9 Å². The molecule has 0 saturated carbocycles. The van der Waals surface area contributed by atoms with Gasteiger partial charge in [0.2, 0.25) is 0 Å². The Hall–Kier alpha value is -1.13. The van der Waals surface area contributed by atoms with Crippen LogP contribution in [0.15, 0.2) is 12.1 Å². The van der Waals surface area contributed by atoms with E-state index in [9.17, 15) is 4.79 Å². The number of rotatable bonds is 6. The molecule has 0 aliphatic heterocycles. The van der Waals surface area contributed by atoms with E-state index in [1.54, 1.807) is 12.1 Å². The molecule has 0 radical (unpaired) electrons. The molecule has 2 atom stereocenters. The summed E-state index contributed by atoms with van der Waals surface area (Å²) in [5.74, 6) is -0.175. The van der Waals surface area contributed by atoms with Gasteiger partial charge in [-0.15, -0.1) is 0 Å². The van der Waals surface area contributed by atoms with Crippen molar-refractivity contribution >= 4 is 17.5 Å². The number of amides is 1. The maximum atomic E-state index is 12.1. The lowest BCUT2D eigenvalue weighted by Gasteiger charge is -2.19. The van der Waals surface area contributed by atoms with Gasteiger partial charge in [-0.3, -0.25) is 4.79 Å². The summed E-state index contributed by atoms with van der Waals surface area (Å²) in [6.45, 7) is 5.84. The van der Waals surface area contributed by atoms with Gasteiger partial charge in [0.1, 0.15) is 5.15 Å². The number of hydrogen-bond acceptors (Lipinski definition) is 3. The molecule has 1 aromatic rings. The predicted octanol–water partition coefficient (Wildman–Crippen LogP) is 2.43. The van der Waals surface area contributed by atoms with Crippen molar-refractivity contribution in [1.82, 2.24) is 10.3 Å². The highest BCUT2D eigenvalue weighted by atomic mass is 35.5. The third-order valence-electron chi connectivity index (χ3n) is 3.12. The minimum Gasteiger partial charge on any atom is -0.396 e. The Morgan fingerprint density at radius 2 is 2.16 bits per heavy atom. The first-order valence-corrected chi connectivity index (χ1v) is 6.93. The lowest BCUT2D eigenvalue weighted by molar-refractivity contribution is 0.0916. The predicted molar refractivity (Wildman–Crippen MR) is 76.4 cm³/mol. The lowest BCUT2D eigenvalue weighted by Crippen LogP contribution is -2.38. The number of nitrogens with zero attached hydrogens (tertiary/aromatic N) is 1. The quantitative estimate of drug-likeness (QED) is 0.789. The molecule has 106 valence electrons. The molecule has 0 aromatic carbocycles. The number of aromatic nitrogens is 1. The SMILES string of the molecule is CCCc1cc(C(=O)NC(C)C(C)CO)cc(Cl)n1. The average Bonchev–Trinajstić information content (AvgIpc) is 2.37. The van der Waals surface area contributed by atoms with Gasteiger partial charge in [0.05, 0.1) is 0 Å². The molecule has 0 fully saturated rings. The normalized spacial score (nSPS) is 13.9. The van der Waals surface area contributed by atoms with Crippen molar-refractivity contribution in [1.29, 1.82) is 0 Å². The number of carbonyl (C=O) groups excluding carboxylic acids is 1.